The number of amides is 4. The van der Waals surface area contributed by atoms with E-state index in [1.54, 1.807) is 24.3 Å². The number of halogens is 3. The number of rotatable bonds is 7. The molecule has 10 nitrogen and oxygen atoms in total. The second-order valence-corrected chi connectivity index (χ2v) is 8.40. The van der Waals surface area contributed by atoms with E-state index in [-0.39, 0.29) is 11.4 Å². The third kappa shape index (κ3) is 6.39. The summed E-state index contributed by atoms with van der Waals surface area (Å²) in [6.07, 6.45) is -3.41. The van der Waals surface area contributed by atoms with Crippen LogP contribution in [-0.2, 0) is 15.8 Å². The number of hydrogen-bond acceptors (Lipinski definition) is 6. The van der Waals surface area contributed by atoms with Gasteiger partial charge in [-0.25, -0.2) is 9.69 Å². The number of nitrogens with one attached hydrogen (secondary N) is 2. The van der Waals surface area contributed by atoms with Crippen LogP contribution >= 0.6 is 0 Å². The zero-order chi connectivity index (χ0) is 28.3. The molecule has 1 heterocycles. The summed E-state index contributed by atoms with van der Waals surface area (Å²) < 4.78 is 44.1. The quantitative estimate of drug-likeness (QED) is 0.182. The van der Waals surface area contributed by atoms with Crippen LogP contribution in [0.5, 0.6) is 11.5 Å². The van der Waals surface area contributed by atoms with Gasteiger partial charge in [-0.2, -0.15) is 13.2 Å². The van der Waals surface area contributed by atoms with E-state index >= 15 is 0 Å². The van der Waals surface area contributed by atoms with Gasteiger partial charge < -0.3 is 15.4 Å². The van der Waals surface area contributed by atoms with Gasteiger partial charge in [-0.15, -0.1) is 0 Å². The molecule has 0 aromatic heterocycles. The smallest absolute Gasteiger partial charge is 0.416 e. The van der Waals surface area contributed by atoms with Crippen LogP contribution in [0.3, 0.4) is 0 Å². The Labute approximate surface area is 218 Å². The minimum atomic E-state index is -4.76. The predicted octanol–water partition coefficient (Wildman–Crippen LogP) is 5.25. The number of ether oxygens (including phenoxy) is 1. The monoisotopic (exact) mass is 540 g/mol. The number of anilines is 1. The average molecular weight is 540 g/mol. The molecule has 200 valence electrons. The minimum Gasteiger partial charge on any atom is -0.450 e. The topological polar surface area (TPSA) is 131 Å². The van der Waals surface area contributed by atoms with Gasteiger partial charge in [0.2, 0.25) is 11.7 Å². The van der Waals surface area contributed by atoms with Crippen molar-refractivity contribution in [1.29, 1.82) is 0 Å². The van der Waals surface area contributed by atoms with Gasteiger partial charge >= 0.3 is 17.9 Å². The van der Waals surface area contributed by atoms with Crippen LogP contribution in [0.4, 0.5) is 29.3 Å². The van der Waals surface area contributed by atoms with Crippen LogP contribution in [0, 0.1) is 17.0 Å². The first-order chi connectivity index (χ1) is 18.4. The van der Waals surface area contributed by atoms with E-state index in [9.17, 15) is 37.7 Å². The molecule has 39 heavy (non-hydrogen) atoms. The Morgan fingerprint density at radius 2 is 1.74 bits per heavy atom. The SMILES string of the molecule is Cc1ccc(NC(=O)CN2C(=O)NC(=Cc3ccc(Oc4ccc(C(F)(F)F)cc4[N+](=O)[O-])cc3)C2=O)cc1. The van der Waals surface area contributed by atoms with Crippen LogP contribution in [0.2, 0.25) is 0 Å². The minimum absolute atomic E-state index is 0.0798. The van der Waals surface area contributed by atoms with E-state index in [0.29, 0.717) is 23.4 Å². The van der Waals surface area contributed by atoms with Crippen molar-refractivity contribution in [3.05, 3.63) is 99.2 Å². The lowest BCUT2D eigenvalue weighted by Crippen LogP contribution is -2.38. The molecule has 1 fully saturated rings. The highest BCUT2D eigenvalue weighted by molar-refractivity contribution is 6.15. The zero-order valence-corrected chi connectivity index (χ0v) is 20.1. The van der Waals surface area contributed by atoms with Gasteiger partial charge in [-0.1, -0.05) is 29.8 Å². The van der Waals surface area contributed by atoms with Crippen molar-refractivity contribution >= 4 is 35.3 Å². The standard InChI is InChI=1S/C26H19F3N4O6/c1-15-2-7-18(8-3-15)30-23(34)14-32-24(35)20(31-25(32)36)12-16-4-9-19(10-5-16)39-22-11-6-17(26(27,28)29)13-21(22)33(37)38/h2-13H,14H2,1H3,(H,30,34)(H,31,36). The third-order valence-electron chi connectivity index (χ3n) is 5.50. The van der Waals surface area contributed by atoms with Crippen molar-refractivity contribution in [3.8, 4) is 11.5 Å². The van der Waals surface area contributed by atoms with E-state index in [2.05, 4.69) is 10.6 Å². The molecule has 0 bridgehead atoms. The van der Waals surface area contributed by atoms with E-state index < -0.39 is 52.5 Å². The van der Waals surface area contributed by atoms with E-state index in [0.717, 1.165) is 16.5 Å². The fraction of sp³-hybridized carbons (Fsp3) is 0.115. The van der Waals surface area contributed by atoms with E-state index in [1.807, 2.05) is 6.92 Å². The summed E-state index contributed by atoms with van der Waals surface area (Å²) >= 11 is 0. The number of hydrogen-bond donors (Lipinski definition) is 2. The molecule has 2 N–H and O–H groups in total. The van der Waals surface area contributed by atoms with Crippen molar-refractivity contribution in [3.63, 3.8) is 0 Å². The first-order valence-corrected chi connectivity index (χ1v) is 11.3. The lowest BCUT2D eigenvalue weighted by molar-refractivity contribution is -0.385. The summed E-state index contributed by atoms with van der Waals surface area (Å²) in [7, 11) is 0. The van der Waals surface area contributed by atoms with Gasteiger partial charge in [0.1, 0.15) is 18.0 Å². The van der Waals surface area contributed by atoms with Gasteiger partial charge in [0.15, 0.2) is 0 Å². The number of nitro groups is 1. The molecule has 4 amide bonds. The Kier molecular flexibility index (Phi) is 7.33. The van der Waals surface area contributed by atoms with Gasteiger partial charge in [-0.3, -0.25) is 19.7 Å². The summed E-state index contributed by atoms with van der Waals surface area (Å²) in [5, 5.41) is 16.2. The first-order valence-electron chi connectivity index (χ1n) is 11.3. The normalized spacial score (nSPS) is 14.4. The molecular weight excluding hydrogens is 521 g/mol. The number of nitro benzene ring substituents is 1. The number of urea groups is 1. The van der Waals surface area contributed by atoms with Crippen LogP contribution in [0.1, 0.15) is 16.7 Å². The summed E-state index contributed by atoms with van der Waals surface area (Å²) in [6.45, 7) is 1.38. The number of aryl methyl sites for hydroxylation is 1. The van der Waals surface area contributed by atoms with Gasteiger partial charge in [0, 0.05) is 11.8 Å². The van der Waals surface area contributed by atoms with Crippen LogP contribution in [-0.4, -0.2) is 34.2 Å². The van der Waals surface area contributed by atoms with Crippen LogP contribution < -0.4 is 15.4 Å². The Hall–Kier alpha value is -5.20. The van der Waals surface area contributed by atoms with E-state index in [4.69, 9.17) is 4.74 Å². The zero-order valence-electron chi connectivity index (χ0n) is 20.1. The molecule has 4 rings (SSSR count). The lowest BCUT2D eigenvalue weighted by atomic mass is 10.1. The Balaban J connectivity index is 1.43. The van der Waals surface area contributed by atoms with Crippen molar-refractivity contribution < 1.29 is 37.2 Å². The Morgan fingerprint density at radius 3 is 2.36 bits per heavy atom. The highest BCUT2D eigenvalue weighted by Crippen LogP contribution is 2.37. The average Bonchev–Trinajstić information content (AvgIpc) is 3.13. The molecule has 0 atom stereocenters. The fourth-order valence-electron chi connectivity index (χ4n) is 3.54. The summed E-state index contributed by atoms with van der Waals surface area (Å²) in [5.41, 5.74) is -0.195. The molecule has 0 saturated carbocycles. The number of carbonyl (C=O) groups excluding carboxylic acids is 3. The van der Waals surface area contributed by atoms with Crippen molar-refractivity contribution in [2.45, 2.75) is 13.1 Å². The second-order valence-electron chi connectivity index (χ2n) is 8.40. The summed E-state index contributed by atoms with van der Waals surface area (Å²) in [5.74, 6) is -1.60. The summed E-state index contributed by atoms with van der Waals surface area (Å²) in [6, 6.07) is 13.8. The molecule has 0 aliphatic carbocycles. The van der Waals surface area contributed by atoms with Crippen molar-refractivity contribution in [2.24, 2.45) is 0 Å². The highest BCUT2D eigenvalue weighted by Gasteiger charge is 2.35. The fourth-order valence-corrected chi connectivity index (χ4v) is 3.54. The van der Waals surface area contributed by atoms with E-state index in [1.165, 1.54) is 30.3 Å². The Bertz CT molecular complexity index is 1490. The number of alkyl halides is 3. The first kappa shape index (κ1) is 26.9. The molecule has 3 aromatic carbocycles. The van der Waals surface area contributed by atoms with Gasteiger partial charge in [0.05, 0.1) is 10.5 Å². The molecule has 1 aliphatic rings. The number of benzene rings is 3. The maximum atomic E-state index is 12.9. The third-order valence-corrected chi connectivity index (χ3v) is 5.50. The van der Waals surface area contributed by atoms with Crippen LogP contribution in [0.25, 0.3) is 6.08 Å². The molecule has 13 heteroatoms. The number of nitrogens with zero attached hydrogens (tertiary/aromatic N) is 2. The number of imide groups is 1. The largest absolute Gasteiger partial charge is 0.450 e. The van der Waals surface area contributed by atoms with Crippen LogP contribution in [0.15, 0.2) is 72.4 Å². The molecule has 0 spiro atoms. The molecule has 0 radical (unpaired) electrons. The van der Waals surface area contributed by atoms with Crippen molar-refractivity contribution in [2.75, 3.05) is 11.9 Å². The molecular formula is C26H19F3N4O6. The maximum Gasteiger partial charge on any atom is 0.416 e. The Morgan fingerprint density at radius 1 is 1.08 bits per heavy atom. The summed E-state index contributed by atoms with van der Waals surface area (Å²) in [4.78, 5) is 48.3. The van der Waals surface area contributed by atoms with Crippen molar-refractivity contribution in [1.82, 2.24) is 10.2 Å². The molecule has 1 aliphatic heterocycles. The second kappa shape index (κ2) is 10.7. The molecule has 0 unspecified atom stereocenters. The predicted molar refractivity (Wildman–Crippen MR) is 133 cm³/mol. The van der Waals surface area contributed by atoms with Gasteiger partial charge in [0.25, 0.3) is 5.91 Å². The lowest BCUT2D eigenvalue weighted by Gasteiger charge is -2.12. The molecule has 3 aromatic rings. The van der Waals surface area contributed by atoms with Gasteiger partial charge in [-0.05, 0) is 55.0 Å². The number of carbonyl (C=O) groups is 3. The highest BCUT2D eigenvalue weighted by atomic mass is 19.4. The molecule has 1 saturated heterocycles. The maximum absolute atomic E-state index is 12.9.